The molecule has 0 fully saturated rings. The number of benzene rings is 1. The summed E-state index contributed by atoms with van der Waals surface area (Å²) in [5, 5.41) is 0. The molecule has 0 bridgehead atoms. The third-order valence-corrected chi connectivity index (χ3v) is 3.87. The second-order valence-electron chi connectivity index (χ2n) is 6.35. The van der Waals surface area contributed by atoms with Gasteiger partial charge < -0.3 is 4.74 Å². The lowest BCUT2D eigenvalue weighted by Crippen LogP contribution is -2.18. The van der Waals surface area contributed by atoms with Gasteiger partial charge in [-0.25, -0.2) is 4.39 Å². The van der Waals surface area contributed by atoms with Gasteiger partial charge in [0, 0.05) is 22.7 Å². The van der Waals surface area contributed by atoms with Gasteiger partial charge in [-0.1, -0.05) is 32.9 Å². The van der Waals surface area contributed by atoms with Crippen LogP contribution in [0, 0.1) is 11.2 Å². The van der Waals surface area contributed by atoms with E-state index < -0.39 is 0 Å². The van der Waals surface area contributed by atoms with Crippen LogP contribution < -0.4 is 4.74 Å². The third kappa shape index (κ3) is 2.76. The number of aryl methyl sites for hydroxylation is 1. The second-order valence-corrected chi connectivity index (χ2v) is 6.35. The van der Waals surface area contributed by atoms with Crippen molar-refractivity contribution >= 4 is 5.57 Å². The first kappa shape index (κ1) is 14.8. The Hall–Kier alpha value is -2.16. The van der Waals surface area contributed by atoms with Crippen LogP contribution in [0.5, 0.6) is 5.75 Å². The van der Waals surface area contributed by atoms with Gasteiger partial charge in [0.1, 0.15) is 11.6 Å². The molecule has 0 aliphatic carbocycles. The van der Waals surface area contributed by atoms with Crippen LogP contribution in [-0.4, -0.2) is 11.6 Å². The summed E-state index contributed by atoms with van der Waals surface area (Å²) in [4.78, 5) is 4.45. The van der Waals surface area contributed by atoms with Gasteiger partial charge in [-0.05, 0) is 36.2 Å². The fraction of sp³-hybridized carbons (Fsp3) is 0.316. The molecular weight excluding hydrogens is 277 g/mol. The van der Waals surface area contributed by atoms with Crippen molar-refractivity contribution in [2.24, 2.45) is 5.41 Å². The number of fused-ring (bicyclic) bond motifs is 1. The largest absolute Gasteiger partial charge is 0.492 e. The SMILES string of the molecule is CCc1cc(F)cc2c1OCC(C)(C)C=C2c1ccccn1. The minimum Gasteiger partial charge on any atom is -0.492 e. The smallest absolute Gasteiger partial charge is 0.130 e. The summed E-state index contributed by atoms with van der Waals surface area (Å²) in [6.45, 7) is 6.81. The van der Waals surface area contributed by atoms with Crippen LogP contribution in [0.25, 0.3) is 5.57 Å². The minimum absolute atomic E-state index is 0.145. The Morgan fingerprint density at radius 1 is 1.27 bits per heavy atom. The van der Waals surface area contributed by atoms with E-state index >= 15 is 0 Å². The van der Waals surface area contributed by atoms with Gasteiger partial charge in [0.05, 0.1) is 12.3 Å². The Labute approximate surface area is 130 Å². The lowest BCUT2D eigenvalue weighted by atomic mass is 9.88. The van der Waals surface area contributed by atoms with Gasteiger partial charge in [-0.2, -0.15) is 0 Å². The topological polar surface area (TPSA) is 22.1 Å². The molecule has 3 heteroatoms. The standard InChI is InChI=1S/C19H20FNO/c1-4-13-9-14(20)10-15-16(17-7-5-6-8-21-17)11-19(2,3)12-22-18(13)15/h5-11H,4,12H2,1-3H3. The Bertz CT molecular complexity index is 720. The number of pyridine rings is 1. The van der Waals surface area contributed by atoms with Gasteiger partial charge in [0.15, 0.2) is 0 Å². The van der Waals surface area contributed by atoms with Crippen molar-refractivity contribution in [3.8, 4) is 5.75 Å². The summed E-state index contributed by atoms with van der Waals surface area (Å²) in [6.07, 6.45) is 4.63. The molecule has 1 aromatic heterocycles. The highest BCUT2D eigenvalue weighted by Crippen LogP contribution is 2.40. The molecule has 114 valence electrons. The summed E-state index contributed by atoms with van der Waals surface area (Å²) in [5.41, 5.74) is 3.32. The molecule has 0 saturated carbocycles. The van der Waals surface area contributed by atoms with E-state index in [1.165, 1.54) is 0 Å². The van der Waals surface area contributed by atoms with Crippen LogP contribution in [0.15, 0.2) is 42.6 Å². The molecule has 2 heterocycles. The normalized spacial score (nSPS) is 16.3. The third-order valence-electron chi connectivity index (χ3n) is 3.87. The van der Waals surface area contributed by atoms with Crippen LogP contribution in [0.4, 0.5) is 4.39 Å². The Morgan fingerprint density at radius 2 is 2.09 bits per heavy atom. The quantitative estimate of drug-likeness (QED) is 0.806. The van der Waals surface area contributed by atoms with E-state index in [2.05, 4.69) is 24.9 Å². The summed E-state index contributed by atoms with van der Waals surface area (Å²) < 4.78 is 20.1. The van der Waals surface area contributed by atoms with E-state index in [9.17, 15) is 4.39 Å². The molecule has 0 unspecified atom stereocenters. The lowest BCUT2D eigenvalue weighted by molar-refractivity contribution is 0.223. The van der Waals surface area contributed by atoms with Crippen molar-refractivity contribution in [1.82, 2.24) is 4.98 Å². The highest BCUT2D eigenvalue weighted by Gasteiger charge is 2.27. The number of hydrogen-bond acceptors (Lipinski definition) is 2. The lowest BCUT2D eigenvalue weighted by Gasteiger charge is -2.19. The van der Waals surface area contributed by atoms with Crippen molar-refractivity contribution in [2.75, 3.05) is 6.61 Å². The van der Waals surface area contributed by atoms with E-state index in [-0.39, 0.29) is 11.2 Å². The first-order chi connectivity index (χ1) is 10.5. The molecule has 0 atom stereocenters. The Balaban J connectivity index is 2.27. The van der Waals surface area contributed by atoms with Gasteiger partial charge >= 0.3 is 0 Å². The van der Waals surface area contributed by atoms with Crippen LogP contribution >= 0.6 is 0 Å². The number of nitrogens with zero attached hydrogens (tertiary/aromatic N) is 1. The maximum atomic E-state index is 14.1. The van der Waals surface area contributed by atoms with E-state index in [0.717, 1.165) is 34.6 Å². The van der Waals surface area contributed by atoms with Crippen molar-refractivity contribution in [2.45, 2.75) is 27.2 Å². The first-order valence-electron chi connectivity index (χ1n) is 7.60. The molecule has 0 N–H and O–H groups in total. The van der Waals surface area contributed by atoms with E-state index in [1.54, 1.807) is 18.3 Å². The molecule has 0 radical (unpaired) electrons. The molecule has 2 nitrogen and oxygen atoms in total. The van der Waals surface area contributed by atoms with Crippen molar-refractivity contribution in [3.05, 3.63) is 65.2 Å². The van der Waals surface area contributed by atoms with Crippen LogP contribution in [-0.2, 0) is 6.42 Å². The summed E-state index contributed by atoms with van der Waals surface area (Å²) in [7, 11) is 0. The van der Waals surface area contributed by atoms with Gasteiger partial charge in [0.25, 0.3) is 0 Å². The number of aromatic nitrogens is 1. The monoisotopic (exact) mass is 297 g/mol. The molecular formula is C19H20FNO. The van der Waals surface area contributed by atoms with Crippen LogP contribution in [0.3, 0.4) is 0 Å². The van der Waals surface area contributed by atoms with Gasteiger partial charge in [-0.15, -0.1) is 0 Å². The van der Waals surface area contributed by atoms with Crippen LogP contribution in [0.1, 0.15) is 37.6 Å². The first-order valence-corrected chi connectivity index (χ1v) is 7.60. The molecule has 3 rings (SSSR count). The average molecular weight is 297 g/mol. The molecule has 0 saturated heterocycles. The molecule has 2 aromatic rings. The van der Waals surface area contributed by atoms with Crippen LogP contribution in [0.2, 0.25) is 0 Å². The Morgan fingerprint density at radius 3 is 2.77 bits per heavy atom. The van der Waals surface area contributed by atoms with Crippen molar-refractivity contribution < 1.29 is 9.13 Å². The predicted octanol–water partition coefficient (Wildman–Crippen LogP) is 4.63. The van der Waals surface area contributed by atoms with Gasteiger partial charge in [0.2, 0.25) is 0 Å². The maximum absolute atomic E-state index is 14.1. The average Bonchev–Trinajstić information content (AvgIpc) is 2.64. The number of hydrogen-bond donors (Lipinski definition) is 0. The zero-order chi connectivity index (χ0) is 15.7. The minimum atomic E-state index is -0.235. The molecule has 1 aliphatic rings. The van der Waals surface area contributed by atoms with E-state index in [1.807, 2.05) is 25.1 Å². The highest BCUT2D eigenvalue weighted by atomic mass is 19.1. The summed E-state index contributed by atoms with van der Waals surface area (Å²) >= 11 is 0. The maximum Gasteiger partial charge on any atom is 0.130 e. The molecule has 1 aromatic carbocycles. The van der Waals surface area contributed by atoms with E-state index in [0.29, 0.717) is 6.61 Å². The summed E-state index contributed by atoms with van der Waals surface area (Å²) in [6, 6.07) is 8.89. The van der Waals surface area contributed by atoms with E-state index in [4.69, 9.17) is 4.74 Å². The summed E-state index contributed by atoms with van der Waals surface area (Å²) in [5.74, 6) is 0.548. The molecule has 0 amide bonds. The number of rotatable bonds is 2. The second kappa shape index (κ2) is 5.56. The van der Waals surface area contributed by atoms with Crippen molar-refractivity contribution in [1.29, 1.82) is 0 Å². The predicted molar refractivity (Wildman–Crippen MR) is 86.4 cm³/mol. The fourth-order valence-corrected chi connectivity index (χ4v) is 2.79. The number of ether oxygens (including phenoxy) is 1. The number of halogens is 1. The fourth-order valence-electron chi connectivity index (χ4n) is 2.79. The molecule has 1 aliphatic heterocycles. The Kier molecular flexibility index (Phi) is 3.73. The molecule has 0 spiro atoms. The van der Waals surface area contributed by atoms with Gasteiger partial charge in [-0.3, -0.25) is 4.98 Å². The zero-order valence-electron chi connectivity index (χ0n) is 13.2. The van der Waals surface area contributed by atoms with Crippen molar-refractivity contribution in [3.63, 3.8) is 0 Å². The highest BCUT2D eigenvalue weighted by molar-refractivity contribution is 5.82. The molecule has 22 heavy (non-hydrogen) atoms. The zero-order valence-corrected chi connectivity index (χ0v) is 13.2.